The van der Waals surface area contributed by atoms with Crippen LogP contribution in [0.5, 0.6) is 0 Å². The Hall–Kier alpha value is -0.380. The molecular formula is C12H19NOS. The van der Waals surface area contributed by atoms with E-state index in [2.05, 4.69) is 23.7 Å². The second kappa shape index (κ2) is 5.10. The van der Waals surface area contributed by atoms with Gasteiger partial charge < -0.3 is 10.1 Å². The van der Waals surface area contributed by atoms with E-state index in [9.17, 15) is 0 Å². The molecule has 0 atom stereocenters. The van der Waals surface area contributed by atoms with Crippen molar-refractivity contribution in [2.24, 2.45) is 0 Å². The molecule has 3 heteroatoms. The van der Waals surface area contributed by atoms with Crippen LogP contribution in [-0.2, 0) is 17.7 Å². The average molecular weight is 225 g/mol. The van der Waals surface area contributed by atoms with Crippen molar-refractivity contribution >= 4 is 11.3 Å². The van der Waals surface area contributed by atoms with Crippen LogP contribution >= 0.6 is 11.3 Å². The quantitative estimate of drug-likeness (QED) is 0.831. The number of nitrogens with one attached hydrogen (secondary N) is 1. The fourth-order valence-electron chi connectivity index (χ4n) is 2.00. The van der Waals surface area contributed by atoms with Crippen LogP contribution in [0.15, 0.2) is 11.4 Å². The van der Waals surface area contributed by atoms with E-state index in [1.807, 2.05) is 11.3 Å². The lowest BCUT2D eigenvalue weighted by Crippen LogP contribution is -2.44. The highest BCUT2D eigenvalue weighted by molar-refractivity contribution is 7.10. The molecule has 0 radical (unpaired) electrons. The van der Waals surface area contributed by atoms with Crippen molar-refractivity contribution in [2.45, 2.75) is 44.9 Å². The van der Waals surface area contributed by atoms with E-state index >= 15 is 0 Å². The molecule has 0 unspecified atom stereocenters. The summed E-state index contributed by atoms with van der Waals surface area (Å²) in [5.74, 6) is 0. The van der Waals surface area contributed by atoms with Crippen LogP contribution in [0.25, 0.3) is 0 Å². The van der Waals surface area contributed by atoms with Crippen molar-refractivity contribution in [2.75, 3.05) is 7.11 Å². The Labute approximate surface area is 95.6 Å². The minimum Gasteiger partial charge on any atom is -0.381 e. The molecule has 1 aliphatic carbocycles. The third kappa shape index (κ3) is 2.60. The van der Waals surface area contributed by atoms with Crippen molar-refractivity contribution in [1.82, 2.24) is 5.32 Å². The van der Waals surface area contributed by atoms with Gasteiger partial charge in [0.1, 0.15) is 0 Å². The molecule has 0 bridgehead atoms. The topological polar surface area (TPSA) is 21.3 Å². The molecule has 1 saturated carbocycles. The Balaban J connectivity index is 1.75. The van der Waals surface area contributed by atoms with Gasteiger partial charge in [0.2, 0.25) is 0 Å². The van der Waals surface area contributed by atoms with Crippen LogP contribution in [0.1, 0.15) is 30.2 Å². The summed E-state index contributed by atoms with van der Waals surface area (Å²) >= 11 is 1.86. The summed E-state index contributed by atoms with van der Waals surface area (Å²) in [4.78, 5) is 1.50. The molecule has 1 aliphatic rings. The first-order valence-corrected chi connectivity index (χ1v) is 6.52. The predicted molar refractivity (Wildman–Crippen MR) is 64.4 cm³/mol. The van der Waals surface area contributed by atoms with E-state index in [0.29, 0.717) is 12.1 Å². The fraction of sp³-hybridized carbons (Fsp3) is 0.667. The van der Waals surface area contributed by atoms with E-state index in [4.69, 9.17) is 4.74 Å². The highest BCUT2D eigenvalue weighted by atomic mass is 32.1. The molecule has 1 aromatic heterocycles. The van der Waals surface area contributed by atoms with Gasteiger partial charge in [-0.2, -0.15) is 0 Å². The molecule has 2 rings (SSSR count). The van der Waals surface area contributed by atoms with Gasteiger partial charge >= 0.3 is 0 Å². The summed E-state index contributed by atoms with van der Waals surface area (Å²) in [5, 5.41) is 5.78. The molecule has 0 aromatic carbocycles. The van der Waals surface area contributed by atoms with Gasteiger partial charge in [-0.1, -0.05) is 6.92 Å². The first kappa shape index (κ1) is 11.1. The van der Waals surface area contributed by atoms with Crippen molar-refractivity contribution in [3.05, 3.63) is 21.9 Å². The van der Waals surface area contributed by atoms with E-state index in [1.54, 1.807) is 7.11 Å². The minimum atomic E-state index is 0.497. The van der Waals surface area contributed by atoms with Crippen molar-refractivity contribution < 1.29 is 4.74 Å². The van der Waals surface area contributed by atoms with Gasteiger partial charge in [0.25, 0.3) is 0 Å². The average Bonchev–Trinajstić information content (AvgIpc) is 2.63. The molecule has 0 spiro atoms. The maximum Gasteiger partial charge on any atom is 0.0601 e. The van der Waals surface area contributed by atoms with Gasteiger partial charge in [-0.25, -0.2) is 0 Å². The van der Waals surface area contributed by atoms with Gasteiger partial charge in [0.15, 0.2) is 0 Å². The number of ether oxygens (including phenoxy) is 1. The number of thiophene rings is 1. The van der Waals surface area contributed by atoms with Gasteiger partial charge in [0.05, 0.1) is 6.10 Å². The maximum atomic E-state index is 5.26. The molecule has 0 amide bonds. The third-order valence-corrected chi connectivity index (χ3v) is 4.16. The second-order valence-electron chi connectivity index (χ2n) is 4.13. The molecule has 2 nitrogen and oxygen atoms in total. The summed E-state index contributed by atoms with van der Waals surface area (Å²) in [7, 11) is 1.80. The standard InChI is InChI=1S/C12H19NOS/c1-3-9-4-5-15-12(9)8-13-10-6-11(7-10)14-2/h4-5,10-11,13H,3,6-8H2,1-2H3. The highest BCUT2D eigenvalue weighted by Gasteiger charge is 2.28. The third-order valence-electron chi connectivity index (χ3n) is 3.20. The van der Waals surface area contributed by atoms with Gasteiger partial charge in [0, 0.05) is 24.6 Å². The monoisotopic (exact) mass is 225 g/mol. The first-order chi connectivity index (χ1) is 7.33. The van der Waals surface area contributed by atoms with E-state index < -0.39 is 0 Å². The Morgan fingerprint density at radius 2 is 2.33 bits per heavy atom. The van der Waals surface area contributed by atoms with Crippen molar-refractivity contribution in [3.8, 4) is 0 Å². The van der Waals surface area contributed by atoms with Gasteiger partial charge in [-0.05, 0) is 36.3 Å². The molecule has 15 heavy (non-hydrogen) atoms. The van der Waals surface area contributed by atoms with Crippen molar-refractivity contribution in [1.29, 1.82) is 0 Å². The smallest absolute Gasteiger partial charge is 0.0601 e. The zero-order chi connectivity index (χ0) is 10.7. The van der Waals surface area contributed by atoms with Crippen LogP contribution < -0.4 is 5.32 Å². The van der Waals surface area contributed by atoms with E-state index in [-0.39, 0.29) is 0 Å². The van der Waals surface area contributed by atoms with Crippen LogP contribution in [0.4, 0.5) is 0 Å². The second-order valence-corrected chi connectivity index (χ2v) is 5.13. The van der Waals surface area contributed by atoms with Crippen LogP contribution in [0.2, 0.25) is 0 Å². The molecule has 1 fully saturated rings. The van der Waals surface area contributed by atoms with Gasteiger partial charge in [-0.3, -0.25) is 0 Å². The summed E-state index contributed by atoms with van der Waals surface area (Å²) < 4.78 is 5.26. The number of rotatable bonds is 5. The maximum absolute atomic E-state index is 5.26. The van der Waals surface area contributed by atoms with Crippen LogP contribution in [-0.4, -0.2) is 19.3 Å². The van der Waals surface area contributed by atoms with Crippen LogP contribution in [0.3, 0.4) is 0 Å². The zero-order valence-electron chi connectivity index (χ0n) is 9.45. The van der Waals surface area contributed by atoms with Crippen LogP contribution in [0, 0.1) is 0 Å². The number of hydrogen-bond donors (Lipinski definition) is 1. The summed E-state index contributed by atoms with van der Waals surface area (Å²) in [6, 6.07) is 2.90. The molecule has 1 heterocycles. The summed E-state index contributed by atoms with van der Waals surface area (Å²) in [5.41, 5.74) is 1.50. The summed E-state index contributed by atoms with van der Waals surface area (Å²) in [6.45, 7) is 3.25. The number of hydrogen-bond acceptors (Lipinski definition) is 3. The van der Waals surface area contributed by atoms with Gasteiger partial charge in [-0.15, -0.1) is 11.3 Å². The molecule has 1 N–H and O–H groups in total. The number of methoxy groups -OCH3 is 1. The lowest BCUT2D eigenvalue weighted by molar-refractivity contribution is 0.0170. The Morgan fingerprint density at radius 3 is 3.00 bits per heavy atom. The molecule has 1 aromatic rings. The first-order valence-electron chi connectivity index (χ1n) is 5.65. The largest absolute Gasteiger partial charge is 0.381 e. The van der Waals surface area contributed by atoms with Crippen molar-refractivity contribution in [3.63, 3.8) is 0 Å². The normalized spacial score (nSPS) is 25.2. The SMILES string of the molecule is CCc1ccsc1CNC1CC(OC)C1. The Kier molecular flexibility index (Phi) is 3.78. The lowest BCUT2D eigenvalue weighted by atomic mass is 9.89. The fourth-order valence-corrected chi connectivity index (χ4v) is 2.93. The van der Waals surface area contributed by atoms with E-state index in [1.165, 1.54) is 23.3 Å². The zero-order valence-corrected chi connectivity index (χ0v) is 10.3. The summed E-state index contributed by atoms with van der Waals surface area (Å²) in [6.07, 6.45) is 3.98. The Morgan fingerprint density at radius 1 is 1.53 bits per heavy atom. The minimum absolute atomic E-state index is 0.497. The van der Waals surface area contributed by atoms with E-state index in [0.717, 1.165) is 13.0 Å². The molecule has 0 saturated heterocycles. The number of aryl methyl sites for hydroxylation is 1. The lowest BCUT2D eigenvalue weighted by Gasteiger charge is -2.34. The molecular weight excluding hydrogens is 206 g/mol. The molecule has 0 aliphatic heterocycles. The Bertz CT molecular complexity index is 304. The predicted octanol–water partition coefficient (Wildman–Crippen LogP) is 2.58. The highest BCUT2D eigenvalue weighted by Crippen LogP contribution is 2.24. The molecule has 84 valence electrons.